The summed E-state index contributed by atoms with van der Waals surface area (Å²) in [4.78, 5) is 12.3. The maximum atomic E-state index is 12.3. The van der Waals surface area contributed by atoms with Gasteiger partial charge >= 0.3 is 0 Å². The Morgan fingerprint density at radius 1 is 1.45 bits per heavy atom. The summed E-state index contributed by atoms with van der Waals surface area (Å²) in [6.07, 6.45) is 2.69. The predicted octanol–water partition coefficient (Wildman–Crippen LogP) is 1.65. The van der Waals surface area contributed by atoms with Crippen LogP contribution in [0.5, 0.6) is 5.75 Å². The first kappa shape index (κ1) is 14.6. The third-order valence-electron chi connectivity index (χ3n) is 3.71. The van der Waals surface area contributed by atoms with Gasteiger partial charge in [-0.05, 0) is 18.6 Å². The molecule has 1 fully saturated rings. The summed E-state index contributed by atoms with van der Waals surface area (Å²) in [6, 6.07) is 9.61. The maximum Gasteiger partial charge on any atom is 0.275 e. The molecular formula is C16H19N3O3. The fourth-order valence-corrected chi connectivity index (χ4v) is 2.44. The predicted molar refractivity (Wildman–Crippen MR) is 81.4 cm³/mol. The van der Waals surface area contributed by atoms with Crippen LogP contribution in [-0.4, -0.2) is 42.6 Å². The van der Waals surface area contributed by atoms with Crippen LogP contribution in [0.15, 0.2) is 36.5 Å². The third kappa shape index (κ3) is 3.12. The van der Waals surface area contributed by atoms with Gasteiger partial charge < -0.3 is 14.8 Å². The lowest BCUT2D eigenvalue weighted by Crippen LogP contribution is -2.30. The molecule has 3 rings (SSSR count). The number of carbonyl (C=O) groups is 1. The number of nitrogens with zero attached hydrogens (tertiary/aromatic N) is 2. The van der Waals surface area contributed by atoms with E-state index in [4.69, 9.17) is 9.47 Å². The van der Waals surface area contributed by atoms with Crippen LogP contribution >= 0.6 is 0 Å². The molecule has 0 spiro atoms. The molecule has 1 aromatic carbocycles. The zero-order valence-corrected chi connectivity index (χ0v) is 12.5. The van der Waals surface area contributed by atoms with E-state index in [1.165, 1.54) is 7.11 Å². The average molecular weight is 301 g/mol. The molecule has 0 saturated carbocycles. The van der Waals surface area contributed by atoms with Gasteiger partial charge in [0.05, 0.1) is 25.6 Å². The quantitative estimate of drug-likeness (QED) is 0.912. The zero-order chi connectivity index (χ0) is 15.4. The first-order valence-electron chi connectivity index (χ1n) is 7.33. The summed E-state index contributed by atoms with van der Waals surface area (Å²) in [7, 11) is 1.54. The molecule has 1 aromatic heterocycles. The van der Waals surface area contributed by atoms with Gasteiger partial charge in [0.15, 0.2) is 11.4 Å². The third-order valence-corrected chi connectivity index (χ3v) is 3.71. The van der Waals surface area contributed by atoms with Crippen LogP contribution in [0.3, 0.4) is 0 Å². The number of hydrogen-bond acceptors (Lipinski definition) is 4. The van der Waals surface area contributed by atoms with Gasteiger partial charge in [0, 0.05) is 19.1 Å². The number of amides is 1. The number of hydrogen-bond donors (Lipinski definition) is 1. The minimum atomic E-state index is -0.224. The smallest absolute Gasteiger partial charge is 0.275 e. The van der Waals surface area contributed by atoms with Crippen LogP contribution < -0.4 is 10.1 Å². The Hall–Kier alpha value is -2.34. The van der Waals surface area contributed by atoms with Gasteiger partial charge in [-0.2, -0.15) is 5.10 Å². The number of ether oxygens (including phenoxy) is 2. The van der Waals surface area contributed by atoms with Crippen LogP contribution in [-0.2, 0) is 4.74 Å². The molecule has 1 aliphatic heterocycles. The fourth-order valence-electron chi connectivity index (χ4n) is 2.44. The second kappa shape index (κ2) is 6.62. The highest BCUT2D eigenvalue weighted by molar-refractivity contribution is 5.94. The van der Waals surface area contributed by atoms with Crippen molar-refractivity contribution >= 4 is 5.91 Å². The molecule has 1 aliphatic rings. The summed E-state index contributed by atoms with van der Waals surface area (Å²) in [5, 5.41) is 7.25. The van der Waals surface area contributed by atoms with Crippen molar-refractivity contribution < 1.29 is 14.3 Å². The molecule has 116 valence electrons. The summed E-state index contributed by atoms with van der Waals surface area (Å²) in [5.74, 6) is 0.619. The Labute approximate surface area is 129 Å². The zero-order valence-electron chi connectivity index (χ0n) is 12.5. The van der Waals surface area contributed by atoms with Gasteiger partial charge in [-0.15, -0.1) is 0 Å². The second-order valence-corrected chi connectivity index (χ2v) is 5.27. The van der Waals surface area contributed by atoms with Gasteiger partial charge in [0.2, 0.25) is 0 Å². The number of aromatic nitrogens is 2. The Bertz CT molecular complexity index is 633. The van der Waals surface area contributed by atoms with Crippen LogP contribution in [0.25, 0.3) is 5.69 Å². The van der Waals surface area contributed by atoms with Crippen molar-refractivity contribution in [2.75, 3.05) is 26.9 Å². The molecule has 1 amide bonds. The van der Waals surface area contributed by atoms with E-state index in [0.717, 1.165) is 18.7 Å². The standard InChI is InChI=1S/C16H19N3O3/c1-21-14-10-19(13-5-3-2-4-6-13)18-15(14)16(20)17-9-12-7-8-22-11-12/h2-6,10,12H,7-9,11H2,1H3,(H,17,20)/t12-/m1/s1. The molecule has 22 heavy (non-hydrogen) atoms. The summed E-state index contributed by atoms with van der Waals surface area (Å²) in [5.41, 5.74) is 1.18. The van der Waals surface area contributed by atoms with Crippen molar-refractivity contribution in [3.8, 4) is 11.4 Å². The van der Waals surface area contributed by atoms with Gasteiger partial charge in [-0.25, -0.2) is 4.68 Å². The van der Waals surface area contributed by atoms with Crippen LogP contribution in [0.4, 0.5) is 0 Å². The number of para-hydroxylation sites is 1. The highest BCUT2D eigenvalue weighted by Crippen LogP contribution is 2.19. The summed E-state index contributed by atoms with van der Waals surface area (Å²) in [6.45, 7) is 2.07. The van der Waals surface area contributed by atoms with E-state index in [-0.39, 0.29) is 5.91 Å². The molecule has 1 atom stereocenters. The molecule has 6 heteroatoms. The minimum Gasteiger partial charge on any atom is -0.493 e. The van der Waals surface area contributed by atoms with Gasteiger partial charge in [-0.1, -0.05) is 18.2 Å². The second-order valence-electron chi connectivity index (χ2n) is 5.27. The molecule has 2 heterocycles. The number of rotatable bonds is 5. The average Bonchev–Trinajstić information content (AvgIpc) is 3.22. The Kier molecular flexibility index (Phi) is 4.39. The topological polar surface area (TPSA) is 65.4 Å². The molecule has 1 saturated heterocycles. The van der Waals surface area contributed by atoms with E-state index in [9.17, 15) is 4.79 Å². The lowest BCUT2D eigenvalue weighted by atomic mass is 10.1. The van der Waals surface area contributed by atoms with Crippen molar-refractivity contribution in [2.45, 2.75) is 6.42 Å². The lowest BCUT2D eigenvalue weighted by molar-refractivity contribution is 0.0936. The van der Waals surface area contributed by atoms with E-state index in [2.05, 4.69) is 10.4 Å². The van der Waals surface area contributed by atoms with Gasteiger partial charge in [0.25, 0.3) is 5.91 Å². The van der Waals surface area contributed by atoms with Crippen LogP contribution in [0.2, 0.25) is 0 Å². The van der Waals surface area contributed by atoms with Crippen LogP contribution in [0, 0.1) is 5.92 Å². The van der Waals surface area contributed by atoms with E-state index < -0.39 is 0 Å². The molecule has 0 bridgehead atoms. The minimum absolute atomic E-state index is 0.224. The number of carbonyl (C=O) groups excluding carboxylic acids is 1. The van der Waals surface area contributed by atoms with E-state index in [0.29, 0.717) is 30.5 Å². The van der Waals surface area contributed by atoms with Crippen molar-refractivity contribution in [3.05, 3.63) is 42.2 Å². The monoisotopic (exact) mass is 301 g/mol. The summed E-state index contributed by atoms with van der Waals surface area (Å²) < 4.78 is 12.2. The summed E-state index contributed by atoms with van der Waals surface area (Å²) >= 11 is 0. The highest BCUT2D eigenvalue weighted by atomic mass is 16.5. The molecule has 0 radical (unpaired) electrons. The lowest BCUT2D eigenvalue weighted by Gasteiger charge is -2.08. The van der Waals surface area contributed by atoms with Gasteiger partial charge in [-0.3, -0.25) is 4.79 Å². The van der Waals surface area contributed by atoms with Gasteiger partial charge in [0.1, 0.15) is 0 Å². The fraction of sp³-hybridized carbons (Fsp3) is 0.375. The van der Waals surface area contributed by atoms with E-state index in [1.54, 1.807) is 10.9 Å². The number of nitrogens with one attached hydrogen (secondary N) is 1. The van der Waals surface area contributed by atoms with Crippen molar-refractivity contribution in [3.63, 3.8) is 0 Å². The Morgan fingerprint density at radius 2 is 2.27 bits per heavy atom. The first-order chi connectivity index (χ1) is 10.8. The largest absolute Gasteiger partial charge is 0.493 e. The normalized spacial score (nSPS) is 17.4. The molecule has 0 unspecified atom stereocenters. The maximum absolute atomic E-state index is 12.3. The number of methoxy groups -OCH3 is 1. The van der Waals surface area contributed by atoms with E-state index >= 15 is 0 Å². The molecule has 2 aromatic rings. The molecule has 1 N–H and O–H groups in total. The number of benzene rings is 1. The molecular weight excluding hydrogens is 282 g/mol. The molecule has 6 nitrogen and oxygen atoms in total. The highest BCUT2D eigenvalue weighted by Gasteiger charge is 2.21. The van der Waals surface area contributed by atoms with E-state index in [1.807, 2.05) is 30.3 Å². The van der Waals surface area contributed by atoms with Crippen molar-refractivity contribution in [1.29, 1.82) is 0 Å². The Balaban J connectivity index is 1.74. The van der Waals surface area contributed by atoms with Crippen LogP contribution in [0.1, 0.15) is 16.9 Å². The first-order valence-corrected chi connectivity index (χ1v) is 7.33. The molecule has 0 aliphatic carbocycles. The Morgan fingerprint density at radius 3 is 2.95 bits per heavy atom. The van der Waals surface area contributed by atoms with Crippen molar-refractivity contribution in [1.82, 2.24) is 15.1 Å². The van der Waals surface area contributed by atoms with Crippen molar-refractivity contribution in [2.24, 2.45) is 5.92 Å². The SMILES string of the molecule is COc1cn(-c2ccccc2)nc1C(=O)NC[C@H]1CCOC1.